The molecule has 3 aromatic carbocycles. The van der Waals surface area contributed by atoms with Crippen molar-refractivity contribution in [3.05, 3.63) is 115 Å². The van der Waals surface area contributed by atoms with Crippen LogP contribution in [-0.4, -0.2) is 10.8 Å². The quantitative estimate of drug-likeness (QED) is 0.248. The number of amides is 1. The van der Waals surface area contributed by atoms with E-state index >= 15 is 0 Å². The second-order valence-corrected chi connectivity index (χ2v) is 8.27. The number of non-ortho nitro benzene ring substituents is 1. The van der Waals surface area contributed by atoms with E-state index in [4.69, 9.17) is 0 Å². The molecule has 1 aliphatic heterocycles. The Bertz CT molecular complexity index is 1240. The minimum absolute atomic E-state index is 0.0164. The fourth-order valence-electron chi connectivity index (χ4n) is 3.45. The first-order chi connectivity index (χ1) is 14.8. The third kappa shape index (κ3) is 4.20. The minimum atomic E-state index is -0.440. The standard InChI is InChI=1S/C25H19BrN2O3/c1-16-3-7-19(8-4-16)24-15-20(14-18-5-9-21(10-6-18)28(30)31)25(29)27(24)22-11-12-23(26)17(2)13-22/h3-15H,1-2H3/b20-14+. The summed E-state index contributed by atoms with van der Waals surface area (Å²) in [6, 6.07) is 20.0. The highest BCUT2D eigenvalue weighted by molar-refractivity contribution is 9.10. The molecular formula is C25H19BrN2O3. The first-order valence-corrected chi connectivity index (χ1v) is 10.5. The number of rotatable bonds is 4. The smallest absolute Gasteiger partial charge is 0.269 e. The topological polar surface area (TPSA) is 63.5 Å². The molecule has 0 atom stereocenters. The molecule has 3 aromatic rings. The van der Waals surface area contributed by atoms with Crippen LogP contribution in [0.4, 0.5) is 11.4 Å². The molecule has 0 fully saturated rings. The van der Waals surface area contributed by atoms with Crippen molar-refractivity contribution < 1.29 is 9.72 Å². The van der Waals surface area contributed by atoms with Crippen LogP contribution >= 0.6 is 15.9 Å². The molecule has 0 aliphatic carbocycles. The van der Waals surface area contributed by atoms with Gasteiger partial charge < -0.3 is 0 Å². The molecule has 0 aromatic heterocycles. The second kappa shape index (κ2) is 8.32. The van der Waals surface area contributed by atoms with E-state index in [1.807, 2.05) is 62.4 Å². The van der Waals surface area contributed by atoms with Crippen molar-refractivity contribution in [3.8, 4) is 0 Å². The Balaban J connectivity index is 1.80. The van der Waals surface area contributed by atoms with Crippen molar-refractivity contribution in [1.82, 2.24) is 0 Å². The lowest BCUT2D eigenvalue weighted by Gasteiger charge is -2.21. The number of hydrogen-bond acceptors (Lipinski definition) is 3. The molecule has 1 amide bonds. The lowest BCUT2D eigenvalue weighted by atomic mass is 10.1. The Kier molecular flexibility index (Phi) is 5.57. The van der Waals surface area contributed by atoms with Gasteiger partial charge in [0.1, 0.15) is 0 Å². The van der Waals surface area contributed by atoms with Gasteiger partial charge >= 0.3 is 0 Å². The Labute approximate surface area is 188 Å². The lowest BCUT2D eigenvalue weighted by molar-refractivity contribution is -0.384. The molecule has 0 saturated heterocycles. The molecule has 0 N–H and O–H groups in total. The molecule has 5 nitrogen and oxygen atoms in total. The Hall–Kier alpha value is -3.51. The molecule has 4 rings (SSSR count). The number of nitrogens with zero attached hydrogens (tertiary/aromatic N) is 2. The van der Waals surface area contributed by atoms with Gasteiger partial charge in [-0.2, -0.15) is 0 Å². The Morgan fingerprint density at radius 3 is 2.26 bits per heavy atom. The highest BCUT2D eigenvalue weighted by atomic mass is 79.9. The minimum Gasteiger partial charge on any atom is -0.276 e. The van der Waals surface area contributed by atoms with Gasteiger partial charge in [0.25, 0.3) is 11.6 Å². The number of carbonyl (C=O) groups excluding carboxylic acids is 1. The molecular weight excluding hydrogens is 456 g/mol. The van der Waals surface area contributed by atoms with Gasteiger partial charge in [-0.15, -0.1) is 0 Å². The predicted octanol–water partition coefficient (Wildman–Crippen LogP) is 6.45. The van der Waals surface area contributed by atoms with E-state index in [9.17, 15) is 14.9 Å². The highest BCUT2D eigenvalue weighted by Crippen LogP contribution is 2.36. The SMILES string of the molecule is Cc1ccc(C2=C/C(=C\c3ccc([N+](=O)[O-])cc3)C(=O)N2c2ccc(Br)c(C)c2)cc1. The summed E-state index contributed by atoms with van der Waals surface area (Å²) in [6.07, 6.45) is 3.62. The van der Waals surface area contributed by atoms with Gasteiger partial charge in [-0.3, -0.25) is 19.8 Å². The normalized spacial score (nSPS) is 14.8. The van der Waals surface area contributed by atoms with Crippen molar-refractivity contribution in [2.45, 2.75) is 13.8 Å². The van der Waals surface area contributed by atoms with Gasteiger partial charge in [0.15, 0.2) is 0 Å². The third-order valence-electron chi connectivity index (χ3n) is 5.16. The average molecular weight is 475 g/mol. The lowest BCUT2D eigenvalue weighted by Crippen LogP contribution is -2.25. The summed E-state index contributed by atoms with van der Waals surface area (Å²) in [5, 5.41) is 10.9. The van der Waals surface area contributed by atoms with Crippen LogP contribution in [0.15, 0.2) is 82.9 Å². The summed E-state index contributed by atoms with van der Waals surface area (Å²) >= 11 is 3.52. The van der Waals surface area contributed by atoms with Crippen molar-refractivity contribution in [2.24, 2.45) is 0 Å². The molecule has 0 unspecified atom stereocenters. The second-order valence-electron chi connectivity index (χ2n) is 7.42. The van der Waals surface area contributed by atoms with Crippen molar-refractivity contribution >= 4 is 45.0 Å². The summed E-state index contributed by atoms with van der Waals surface area (Å²) in [4.78, 5) is 25.6. The average Bonchev–Trinajstić information content (AvgIpc) is 3.07. The van der Waals surface area contributed by atoms with E-state index in [-0.39, 0.29) is 11.6 Å². The van der Waals surface area contributed by atoms with Gasteiger partial charge in [-0.1, -0.05) is 45.8 Å². The van der Waals surface area contributed by atoms with E-state index in [0.717, 1.165) is 38.1 Å². The number of carbonyl (C=O) groups is 1. The van der Waals surface area contributed by atoms with Gasteiger partial charge in [0.05, 0.1) is 10.6 Å². The monoisotopic (exact) mass is 474 g/mol. The van der Waals surface area contributed by atoms with Gasteiger partial charge in [0, 0.05) is 27.9 Å². The zero-order chi connectivity index (χ0) is 22.1. The van der Waals surface area contributed by atoms with E-state index in [1.165, 1.54) is 12.1 Å². The molecule has 0 saturated carbocycles. The number of nitro benzene ring substituents is 1. The maximum atomic E-state index is 13.4. The predicted molar refractivity (Wildman–Crippen MR) is 127 cm³/mol. The van der Waals surface area contributed by atoms with Crippen LogP contribution in [0.3, 0.4) is 0 Å². The van der Waals surface area contributed by atoms with Gasteiger partial charge in [-0.05, 0) is 73.0 Å². The number of benzene rings is 3. The highest BCUT2D eigenvalue weighted by Gasteiger charge is 2.30. The third-order valence-corrected chi connectivity index (χ3v) is 6.05. The molecule has 1 heterocycles. The molecule has 31 heavy (non-hydrogen) atoms. The molecule has 154 valence electrons. The van der Waals surface area contributed by atoms with E-state index in [2.05, 4.69) is 15.9 Å². The summed E-state index contributed by atoms with van der Waals surface area (Å²) in [5.74, 6) is -0.143. The molecule has 1 aliphatic rings. The fraction of sp³-hybridized carbons (Fsp3) is 0.0800. The van der Waals surface area contributed by atoms with Crippen molar-refractivity contribution in [1.29, 1.82) is 0 Å². The number of aryl methyl sites for hydroxylation is 2. The van der Waals surface area contributed by atoms with Crippen molar-refractivity contribution in [2.75, 3.05) is 4.90 Å². The van der Waals surface area contributed by atoms with Crippen LogP contribution in [-0.2, 0) is 4.79 Å². The number of anilines is 1. The largest absolute Gasteiger partial charge is 0.276 e. The number of halogens is 1. The zero-order valence-electron chi connectivity index (χ0n) is 17.0. The first-order valence-electron chi connectivity index (χ1n) is 9.69. The van der Waals surface area contributed by atoms with E-state index in [0.29, 0.717) is 5.57 Å². The van der Waals surface area contributed by atoms with E-state index in [1.54, 1.807) is 23.1 Å². The molecule has 0 radical (unpaired) electrons. The van der Waals surface area contributed by atoms with E-state index < -0.39 is 4.92 Å². The van der Waals surface area contributed by atoms with Crippen LogP contribution in [0.2, 0.25) is 0 Å². The summed E-state index contributed by atoms with van der Waals surface area (Å²) < 4.78 is 0.977. The Morgan fingerprint density at radius 1 is 0.968 bits per heavy atom. The molecule has 6 heteroatoms. The summed E-state index contributed by atoms with van der Waals surface area (Å²) in [5.41, 5.74) is 5.94. The van der Waals surface area contributed by atoms with Crippen LogP contribution in [0.5, 0.6) is 0 Å². The zero-order valence-corrected chi connectivity index (χ0v) is 18.6. The van der Waals surface area contributed by atoms with Crippen molar-refractivity contribution in [3.63, 3.8) is 0 Å². The van der Waals surface area contributed by atoms with Crippen LogP contribution in [0, 0.1) is 24.0 Å². The van der Waals surface area contributed by atoms with Gasteiger partial charge in [-0.25, -0.2) is 0 Å². The molecule has 0 bridgehead atoms. The maximum absolute atomic E-state index is 13.4. The first kappa shape index (κ1) is 20.8. The maximum Gasteiger partial charge on any atom is 0.269 e. The number of nitro groups is 1. The Morgan fingerprint density at radius 2 is 1.65 bits per heavy atom. The molecule has 0 spiro atoms. The van der Waals surface area contributed by atoms with Crippen LogP contribution < -0.4 is 4.90 Å². The summed E-state index contributed by atoms with van der Waals surface area (Å²) in [7, 11) is 0. The van der Waals surface area contributed by atoms with Gasteiger partial charge in [0.2, 0.25) is 0 Å². The number of hydrogen-bond donors (Lipinski definition) is 0. The summed E-state index contributed by atoms with van der Waals surface area (Å²) in [6.45, 7) is 4.00. The van der Waals surface area contributed by atoms with Crippen LogP contribution in [0.1, 0.15) is 22.3 Å². The fourth-order valence-corrected chi connectivity index (χ4v) is 3.69. The van der Waals surface area contributed by atoms with Crippen LogP contribution in [0.25, 0.3) is 11.8 Å².